The van der Waals surface area contributed by atoms with Crippen LogP contribution in [0.5, 0.6) is 0 Å². The van der Waals surface area contributed by atoms with Crippen LogP contribution in [-0.4, -0.2) is 31.7 Å². The number of benzene rings is 2. The fraction of sp³-hybridized carbons (Fsp3) is 0.350. The smallest absolute Gasteiger partial charge is 0.243 e. The molecule has 3 rings (SSSR count). The maximum atomic E-state index is 13.6. The first kappa shape index (κ1) is 19.5. The topological polar surface area (TPSA) is 66.5 Å². The Kier molecular flexibility index (Phi) is 5.92. The van der Waals surface area contributed by atoms with Crippen molar-refractivity contribution in [1.82, 2.24) is 4.31 Å². The first-order valence-corrected chi connectivity index (χ1v) is 10.4. The molecule has 1 heterocycles. The molecule has 2 aromatic rings. The lowest BCUT2D eigenvalue weighted by atomic mass is 10.0. The molecule has 7 heteroatoms. The Balaban J connectivity index is 1.66. The molecular formula is C20H23FN2O3S. The second kappa shape index (κ2) is 8.19. The zero-order valence-corrected chi connectivity index (χ0v) is 16.0. The number of nitrogens with one attached hydrogen (secondary N) is 1. The highest BCUT2D eigenvalue weighted by molar-refractivity contribution is 7.89. The molecule has 1 aliphatic rings. The van der Waals surface area contributed by atoms with Crippen LogP contribution in [0.15, 0.2) is 53.4 Å². The Bertz CT molecular complexity index is 913. The van der Waals surface area contributed by atoms with Crippen LogP contribution in [-0.2, 0) is 21.2 Å². The molecule has 0 unspecified atom stereocenters. The van der Waals surface area contributed by atoms with Crippen molar-refractivity contribution in [3.63, 3.8) is 0 Å². The van der Waals surface area contributed by atoms with Gasteiger partial charge in [0.1, 0.15) is 5.82 Å². The van der Waals surface area contributed by atoms with Crippen LogP contribution in [0, 0.1) is 11.7 Å². The van der Waals surface area contributed by atoms with E-state index in [2.05, 4.69) is 12.2 Å². The van der Waals surface area contributed by atoms with Gasteiger partial charge in [0, 0.05) is 18.8 Å². The van der Waals surface area contributed by atoms with Crippen molar-refractivity contribution in [2.24, 2.45) is 5.92 Å². The molecule has 1 amide bonds. The fourth-order valence-corrected chi connectivity index (χ4v) is 4.84. The van der Waals surface area contributed by atoms with Crippen LogP contribution in [0.1, 0.15) is 25.3 Å². The molecule has 0 spiro atoms. The molecule has 1 saturated heterocycles. The minimum atomic E-state index is -3.52. The number of hydrogen-bond donors (Lipinski definition) is 1. The van der Waals surface area contributed by atoms with E-state index in [-0.39, 0.29) is 17.2 Å². The summed E-state index contributed by atoms with van der Waals surface area (Å²) in [5.41, 5.74) is 0.788. The van der Waals surface area contributed by atoms with Crippen LogP contribution in [0.25, 0.3) is 0 Å². The van der Waals surface area contributed by atoms with E-state index >= 15 is 0 Å². The van der Waals surface area contributed by atoms with E-state index < -0.39 is 15.8 Å². The van der Waals surface area contributed by atoms with E-state index in [1.807, 2.05) is 0 Å². The minimum Gasteiger partial charge on any atom is -0.326 e. The molecule has 0 aromatic heterocycles. The highest BCUT2D eigenvalue weighted by atomic mass is 32.2. The lowest BCUT2D eigenvalue weighted by Crippen LogP contribution is -2.39. The van der Waals surface area contributed by atoms with Crippen molar-refractivity contribution < 1.29 is 17.6 Å². The van der Waals surface area contributed by atoms with Crippen LogP contribution in [0.3, 0.4) is 0 Å². The second-order valence-electron chi connectivity index (χ2n) is 6.95. The van der Waals surface area contributed by atoms with Gasteiger partial charge in [-0.15, -0.1) is 0 Å². The third-order valence-electron chi connectivity index (χ3n) is 4.70. The lowest BCUT2D eigenvalue weighted by Gasteiger charge is -2.30. The number of halogens is 1. The van der Waals surface area contributed by atoms with Crippen molar-refractivity contribution in [3.05, 3.63) is 59.9 Å². The number of sulfonamides is 1. The quantitative estimate of drug-likeness (QED) is 0.851. The normalized spacial score (nSPS) is 18.2. The van der Waals surface area contributed by atoms with Crippen LogP contribution < -0.4 is 5.32 Å². The van der Waals surface area contributed by atoms with E-state index in [0.29, 0.717) is 30.3 Å². The van der Waals surface area contributed by atoms with Gasteiger partial charge < -0.3 is 5.32 Å². The van der Waals surface area contributed by atoms with Crippen molar-refractivity contribution in [3.8, 4) is 0 Å². The Hall–Kier alpha value is -2.25. The highest BCUT2D eigenvalue weighted by Gasteiger charge is 2.28. The maximum Gasteiger partial charge on any atom is 0.243 e. The monoisotopic (exact) mass is 390 g/mol. The molecule has 5 nitrogen and oxygen atoms in total. The standard InChI is InChI=1S/C20H23FN2O3S/c1-15-5-4-12-23(14-15)27(25,26)18-10-8-17(9-11-18)22-20(24)13-16-6-2-3-7-19(16)21/h2-3,6-11,15H,4-5,12-14H2,1H3,(H,22,24)/t15-/m0/s1. The van der Waals surface area contributed by atoms with Gasteiger partial charge >= 0.3 is 0 Å². The van der Waals surface area contributed by atoms with Gasteiger partial charge in [0.2, 0.25) is 15.9 Å². The second-order valence-corrected chi connectivity index (χ2v) is 8.89. The minimum absolute atomic E-state index is 0.0849. The lowest BCUT2D eigenvalue weighted by molar-refractivity contribution is -0.115. The molecule has 0 aliphatic carbocycles. The number of anilines is 1. The van der Waals surface area contributed by atoms with Crippen LogP contribution in [0.2, 0.25) is 0 Å². The van der Waals surface area contributed by atoms with Gasteiger partial charge in [-0.05, 0) is 54.7 Å². The predicted molar refractivity (Wildman–Crippen MR) is 102 cm³/mol. The Morgan fingerprint density at radius 3 is 2.56 bits per heavy atom. The molecule has 1 atom stereocenters. The number of nitrogens with zero attached hydrogens (tertiary/aromatic N) is 1. The number of amides is 1. The van der Waals surface area contributed by atoms with Gasteiger partial charge in [-0.25, -0.2) is 12.8 Å². The SMILES string of the molecule is C[C@H]1CCCN(S(=O)(=O)c2ccc(NC(=O)Cc3ccccc3F)cc2)C1. The molecule has 27 heavy (non-hydrogen) atoms. The summed E-state index contributed by atoms with van der Waals surface area (Å²) in [5.74, 6) is -0.434. The molecular weight excluding hydrogens is 367 g/mol. The van der Waals surface area contributed by atoms with Crippen molar-refractivity contribution >= 4 is 21.6 Å². The van der Waals surface area contributed by atoms with E-state index in [4.69, 9.17) is 0 Å². The third kappa shape index (κ3) is 4.73. The van der Waals surface area contributed by atoms with Crippen molar-refractivity contribution in [2.75, 3.05) is 18.4 Å². The van der Waals surface area contributed by atoms with Crippen molar-refractivity contribution in [1.29, 1.82) is 0 Å². The summed E-state index contributed by atoms with van der Waals surface area (Å²) in [6.45, 7) is 3.12. The first-order chi connectivity index (χ1) is 12.9. The van der Waals surface area contributed by atoms with Gasteiger partial charge in [0.25, 0.3) is 0 Å². The number of carbonyl (C=O) groups is 1. The molecule has 0 saturated carbocycles. The highest BCUT2D eigenvalue weighted by Crippen LogP contribution is 2.24. The van der Waals surface area contributed by atoms with E-state index in [1.54, 1.807) is 30.3 Å². The zero-order valence-electron chi connectivity index (χ0n) is 15.2. The Morgan fingerprint density at radius 1 is 1.19 bits per heavy atom. The summed E-state index contributed by atoms with van der Waals surface area (Å²) in [5, 5.41) is 2.67. The van der Waals surface area contributed by atoms with Gasteiger partial charge in [-0.3, -0.25) is 4.79 Å². The van der Waals surface area contributed by atoms with Gasteiger partial charge in [-0.1, -0.05) is 25.1 Å². The van der Waals surface area contributed by atoms with E-state index in [1.165, 1.54) is 22.5 Å². The number of carbonyl (C=O) groups excluding carboxylic acids is 1. The molecule has 2 aromatic carbocycles. The summed E-state index contributed by atoms with van der Waals surface area (Å²) in [7, 11) is -3.52. The third-order valence-corrected chi connectivity index (χ3v) is 6.58. The Morgan fingerprint density at radius 2 is 1.89 bits per heavy atom. The van der Waals surface area contributed by atoms with Gasteiger partial charge in [0.05, 0.1) is 11.3 Å². The van der Waals surface area contributed by atoms with E-state index in [0.717, 1.165) is 12.8 Å². The molecule has 144 valence electrons. The molecule has 1 N–H and O–H groups in total. The molecule has 0 radical (unpaired) electrons. The first-order valence-electron chi connectivity index (χ1n) is 9.00. The summed E-state index contributed by atoms with van der Waals surface area (Å²) < 4.78 is 40.6. The average Bonchev–Trinajstić information content (AvgIpc) is 2.64. The zero-order chi connectivity index (χ0) is 19.4. The maximum absolute atomic E-state index is 13.6. The van der Waals surface area contributed by atoms with Crippen molar-refractivity contribution in [2.45, 2.75) is 31.1 Å². The number of piperidine rings is 1. The van der Waals surface area contributed by atoms with Crippen LogP contribution >= 0.6 is 0 Å². The van der Waals surface area contributed by atoms with Gasteiger partial charge in [0.15, 0.2) is 0 Å². The predicted octanol–water partition coefficient (Wildman–Crippen LogP) is 3.43. The molecule has 1 aliphatic heterocycles. The largest absolute Gasteiger partial charge is 0.326 e. The van der Waals surface area contributed by atoms with E-state index in [9.17, 15) is 17.6 Å². The van der Waals surface area contributed by atoms with Crippen LogP contribution in [0.4, 0.5) is 10.1 Å². The molecule has 0 bridgehead atoms. The summed E-state index contributed by atoms with van der Waals surface area (Å²) in [4.78, 5) is 12.3. The number of hydrogen-bond acceptors (Lipinski definition) is 3. The fourth-order valence-electron chi connectivity index (χ4n) is 3.24. The average molecular weight is 390 g/mol. The summed E-state index contributed by atoms with van der Waals surface area (Å²) in [6, 6.07) is 12.2. The summed E-state index contributed by atoms with van der Waals surface area (Å²) in [6.07, 6.45) is 1.82. The summed E-state index contributed by atoms with van der Waals surface area (Å²) >= 11 is 0. The van der Waals surface area contributed by atoms with Gasteiger partial charge in [-0.2, -0.15) is 4.31 Å². The number of rotatable bonds is 5. The Labute approximate surface area is 159 Å². The molecule has 1 fully saturated rings.